The summed E-state index contributed by atoms with van der Waals surface area (Å²) in [6.07, 6.45) is 5.17. The van der Waals surface area contributed by atoms with Crippen molar-refractivity contribution in [2.45, 2.75) is 0 Å². The van der Waals surface area contributed by atoms with Crippen LogP contribution in [0, 0.1) is 0 Å². The zero-order valence-corrected chi connectivity index (χ0v) is 10.2. The second-order valence-corrected chi connectivity index (χ2v) is 4.36. The molecule has 0 N–H and O–H groups in total. The molecule has 6 heteroatoms. The summed E-state index contributed by atoms with van der Waals surface area (Å²) in [5.41, 5.74) is 2.61. The van der Waals surface area contributed by atoms with E-state index in [0.29, 0.717) is 5.82 Å². The summed E-state index contributed by atoms with van der Waals surface area (Å²) in [6, 6.07) is 7.90. The highest BCUT2D eigenvalue weighted by atomic mass is 15.3. The van der Waals surface area contributed by atoms with E-state index < -0.39 is 0 Å². The molecule has 19 heavy (non-hydrogen) atoms. The van der Waals surface area contributed by atoms with Crippen LogP contribution in [0.2, 0.25) is 0 Å². The van der Waals surface area contributed by atoms with Crippen molar-refractivity contribution in [2.75, 3.05) is 0 Å². The zero-order chi connectivity index (χ0) is 12.8. The second-order valence-electron chi connectivity index (χ2n) is 4.36. The first-order valence-electron chi connectivity index (χ1n) is 5.90. The Morgan fingerprint density at radius 2 is 2.00 bits per heavy atom. The van der Waals surface area contributed by atoms with Gasteiger partial charge in [-0.1, -0.05) is 12.1 Å². The summed E-state index contributed by atoms with van der Waals surface area (Å²) in [5.74, 6) is 0.651. The Balaban J connectivity index is 2.06. The van der Waals surface area contributed by atoms with Crippen molar-refractivity contribution in [3.8, 4) is 11.5 Å². The van der Waals surface area contributed by atoms with Gasteiger partial charge in [0, 0.05) is 12.4 Å². The van der Waals surface area contributed by atoms with E-state index in [2.05, 4.69) is 20.1 Å². The number of aromatic nitrogens is 6. The summed E-state index contributed by atoms with van der Waals surface area (Å²) in [7, 11) is 1.92. The summed E-state index contributed by atoms with van der Waals surface area (Å²) >= 11 is 0. The smallest absolute Gasteiger partial charge is 0.200 e. The van der Waals surface area contributed by atoms with Gasteiger partial charge in [0.25, 0.3) is 0 Å². The van der Waals surface area contributed by atoms with Gasteiger partial charge in [0.1, 0.15) is 12.0 Å². The molecular weight excluding hydrogens is 240 g/mol. The fourth-order valence-corrected chi connectivity index (χ4v) is 2.16. The van der Waals surface area contributed by atoms with Crippen LogP contribution in [-0.2, 0) is 7.05 Å². The fourth-order valence-electron chi connectivity index (χ4n) is 2.16. The van der Waals surface area contributed by atoms with Crippen molar-refractivity contribution < 1.29 is 0 Å². The molecule has 0 saturated carbocycles. The lowest BCUT2D eigenvalue weighted by Gasteiger charge is -1.96. The number of hydrogen-bond donors (Lipinski definition) is 0. The minimum absolute atomic E-state index is 0.651. The average molecular weight is 250 g/mol. The summed E-state index contributed by atoms with van der Waals surface area (Å²) in [6.45, 7) is 0. The molecule has 3 aromatic heterocycles. The van der Waals surface area contributed by atoms with Crippen LogP contribution in [0.1, 0.15) is 0 Å². The molecule has 6 nitrogen and oxygen atoms in total. The number of imidazole rings is 1. The predicted octanol–water partition coefficient (Wildman–Crippen LogP) is 1.68. The van der Waals surface area contributed by atoms with Crippen molar-refractivity contribution in [3.63, 3.8) is 0 Å². The van der Waals surface area contributed by atoms with E-state index in [1.165, 1.54) is 0 Å². The van der Waals surface area contributed by atoms with Gasteiger partial charge in [-0.15, -0.1) is 5.10 Å². The third kappa shape index (κ3) is 1.43. The Morgan fingerprint density at radius 3 is 2.84 bits per heavy atom. The molecule has 0 radical (unpaired) electrons. The van der Waals surface area contributed by atoms with Crippen molar-refractivity contribution in [1.82, 2.24) is 29.1 Å². The van der Waals surface area contributed by atoms with E-state index in [1.54, 1.807) is 23.4 Å². The van der Waals surface area contributed by atoms with E-state index in [4.69, 9.17) is 0 Å². The molecule has 4 aromatic rings. The largest absolute Gasteiger partial charge is 0.331 e. The molecule has 0 aliphatic carbocycles. The van der Waals surface area contributed by atoms with Crippen LogP contribution in [-0.4, -0.2) is 29.1 Å². The molecule has 0 unspecified atom stereocenters. The predicted molar refractivity (Wildman–Crippen MR) is 70.5 cm³/mol. The normalized spacial score (nSPS) is 11.4. The first kappa shape index (κ1) is 10.2. The lowest BCUT2D eigenvalue weighted by Crippen LogP contribution is -1.92. The van der Waals surface area contributed by atoms with Gasteiger partial charge in [-0.25, -0.2) is 19.5 Å². The maximum absolute atomic E-state index is 4.60. The first-order chi connectivity index (χ1) is 9.33. The fraction of sp³-hybridized carbons (Fsp3) is 0.0769. The zero-order valence-electron chi connectivity index (χ0n) is 10.2. The Bertz CT molecular complexity index is 888. The molecule has 0 aliphatic rings. The molecule has 92 valence electrons. The molecule has 1 aromatic carbocycles. The molecule has 0 aliphatic heterocycles. The Labute approximate surface area is 108 Å². The van der Waals surface area contributed by atoms with Crippen molar-refractivity contribution in [1.29, 1.82) is 0 Å². The van der Waals surface area contributed by atoms with Crippen LogP contribution >= 0.6 is 0 Å². The van der Waals surface area contributed by atoms with Gasteiger partial charge in [-0.3, -0.25) is 0 Å². The topological polar surface area (TPSA) is 60.9 Å². The Kier molecular flexibility index (Phi) is 1.94. The van der Waals surface area contributed by atoms with Crippen LogP contribution in [0.4, 0.5) is 0 Å². The minimum atomic E-state index is 0.651. The van der Waals surface area contributed by atoms with Gasteiger partial charge >= 0.3 is 0 Å². The third-order valence-electron chi connectivity index (χ3n) is 3.13. The van der Waals surface area contributed by atoms with E-state index in [-0.39, 0.29) is 0 Å². The number of hydrogen-bond acceptors (Lipinski definition) is 4. The quantitative estimate of drug-likeness (QED) is 0.515. The van der Waals surface area contributed by atoms with Crippen molar-refractivity contribution in [2.24, 2.45) is 7.05 Å². The molecule has 3 heterocycles. The minimum Gasteiger partial charge on any atom is -0.331 e. The molecule has 0 bridgehead atoms. The van der Waals surface area contributed by atoms with Crippen LogP contribution < -0.4 is 0 Å². The van der Waals surface area contributed by atoms with Crippen LogP contribution in [0.3, 0.4) is 0 Å². The van der Waals surface area contributed by atoms with Gasteiger partial charge < -0.3 is 4.57 Å². The molecule has 4 rings (SSSR count). The van der Waals surface area contributed by atoms with Crippen molar-refractivity contribution >= 4 is 16.6 Å². The van der Waals surface area contributed by atoms with Gasteiger partial charge in [-0.2, -0.15) is 0 Å². The number of rotatable bonds is 1. The average Bonchev–Trinajstić information content (AvgIpc) is 3.04. The number of nitrogens with zero attached hydrogens (tertiary/aromatic N) is 6. The highest BCUT2D eigenvalue weighted by molar-refractivity contribution is 5.91. The van der Waals surface area contributed by atoms with Crippen LogP contribution in [0.15, 0.2) is 43.1 Å². The molecule has 0 spiro atoms. The van der Waals surface area contributed by atoms with E-state index in [1.807, 2.05) is 35.9 Å². The Morgan fingerprint density at radius 1 is 1.11 bits per heavy atom. The number of aryl methyl sites for hydroxylation is 1. The molecule has 0 atom stereocenters. The lowest BCUT2D eigenvalue weighted by atomic mass is 10.2. The number of para-hydroxylation sites is 1. The SMILES string of the molecule is Cn1cncc1-c1nc2c3ccccc3ncn2n1. The molecule has 0 amide bonds. The maximum Gasteiger partial charge on any atom is 0.200 e. The number of benzene rings is 1. The number of fused-ring (bicyclic) bond motifs is 3. The summed E-state index contributed by atoms with van der Waals surface area (Å²) in [5, 5.41) is 5.44. The van der Waals surface area contributed by atoms with Crippen LogP contribution in [0.25, 0.3) is 28.1 Å². The highest BCUT2D eigenvalue weighted by Gasteiger charge is 2.11. The van der Waals surface area contributed by atoms with E-state index in [9.17, 15) is 0 Å². The lowest BCUT2D eigenvalue weighted by molar-refractivity contribution is 0.893. The van der Waals surface area contributed by atoms with Crippen LogP contribution in [0.5, 0.6) is 0 Å². The first-order valence-corrected chi connectivity index (χ1v) is 5.90. The monoisotopic (exact) mass is 250 g/mol. The van der Waals surface area contributed by atoms with Gasteiger partial charge in [0.2, 0.25) is 0 Å². The summed E-state index contributed by atoms with van der Waals surface area (Å²) in [4.78, 5) is 13.0. The van der Waals surface area contributed by atoms with Gasteiger partial charge in [0.15, 0.2) is 11.5 Å². The van der Waals surface area contributed by atoms with Gasteiger partial charge in [-0.05, 0) is 12.1 Å². The summed E-state index contributed by atoms with van der Waals surface area (Å²) < 4.78 is 3.59. The van der Waals surface area contributed by atoms with E-state index >= 15 is 0 Å². The maximum atomic E-state index is 4.60. The molecular formula is C13H10N6. The Hall–Kier alpha value is -2.76. The van der Waals surface area contributed by atoms with E-state index in [0.717, 1.165) is 22.2 Å². The van der Waals surface area contributed by atoms with Gasteiger partial charge in [0.05, 0.1) is 18.0 Å². The molecule has 0 fully saturated rings. The second kappa shape index (κ2) is 3.61. The standard InChI is InChI=1S/C13H10N6/c1-18-7-14-6-11(18)12-16-13-9-4-2-3-5-10(9)15-8-19(13)17-12/h2-8H,1H3. The molecule has 0 saturated heterocycles. The highest BCUT2D eigenvalue weighted by Crippen LogP contribution is 2.19. The third-order valence-corrected chi connectivity index (χ3v) is 3.13. The van der Waals surface area contributed by atoms with Crippen molar-refractivity contribution in [3.05, 3.63) is 43.1 Å².